The van der Waals surface area contributed by atoms with Gasteiger partial charge in [0.1, 0.15) is 5.69 Å². The summed E-state index contributed by atoms with van der Waals surface area (Å²) in [6, 6.07) is 7.23. The molecule has 0 saturated heterocycles. The summed E-state index contributed by atoms with van der Waals surface area (Å²) in [5, 5.41) is 8.13. The predicted octanol–water partition coefficient (Wildman–Crippen LogP) is 3.35. The highest BCUT2D eigenvalue weighted by Gasteiger charge is 2.32. The molecule has 6 heteroatoms. The number of Topliss-reactive ketones (excluding diaryl/α,β-unsaturated/α-hetero) is 1. The van der Waals surface area contributed by atoms with Crippen molar-refractivity contribution in [1.82, 2.24) is 20.2 Å². The van der Waals surface area contributed by atoms with Crippen molar-refractivity contribution in [2.45, 2.75) is 26.7 Å². The van der Waals surface area contributed by atoms with Crippen molar-refractivity contribution < 1.29 is 9.21 Å². The maximum Gasteiger partial charge on any atom is 0.266 e. The van der Waals surface area contributed by atoms with E-state index in [1.54, 1.807) is 18.5 Å². The molecule has 0 atom stereocenters. The van der Waals surface area contributed by atoms with Gasteiger partial charge in [-0.05, 0) is 36.1 Å². The third kappa shape index (κ3) is 2.60. The summed E-state index contributed by atoms with van der Waals surface area (Å²) < 4.78 is 5.72. The number of carbonyl (C=O) groups is 1. The molecule has 3 aromatic rings. The lowest BCUT2D eigenvalue weighted by Crippen LogP contribution is -2.27. The highest BCUT2D eigenvalue weighted by Crippen LogP contribution is 2.34. The van der Waals surface area contributed by atoms with Crippen LogP contribution in [-0.2, 0) is 6.42 Å². The van der Waals surface area contributed by atoms with Crippen LogP contribution in [0.15, 0.2) is 41.1 Å². The van der Waals surface area contributed by atoms with Crippen molar-refractivity contribution in [3.8, 4) is 23.0 Å². The number of carbonyl (C=O) groups excluding carboxylic acids is 1. The number of hydrogen-bond donors (Lipinski definition) is 0. The van der Waals surface area contributed by atoms with Gasteiger partial charge in [-0.2, -0.15) is 0 Å². The van der Waals surface area contributed by atoms with Gasteiger partial charge in [0.15, 0.2) is 5.78 Å². The van der Waals surface area contributed by atoms with E-state index in [0.717, 1.165) is 17.7 Å². The van der Waals surface area contributed by atoms with E-state index >= 15 is 0 Å². The average Bonchev–Trinajstić information content (AvgIpc) is 3.04. The normalized spacial score (nSPS) is 16.0. The first-order valence-electron chi connectivity index (χ1n) is 7.79. The molecule has 0 radical (unpaired) electrons. The van der Waals surface area contributed by atoms with Crippen molar-refractivity contribution in [3.05, 3.63) is 47.9 Å². The van der Waals surface area contributed by atoms with Gasteiger partial charge in [0.25, 0.3) is 5.89 Å². The third-order valence-electron chi connectivity index (χ3n) is 4.11. The van der Waals surface area contributed by atoms with Crippen LogP contribution < -0.4 is 0 Å². The molecule has 0 saturated carbocycles. The Morgan fingerprint density at radius 1 is 1.08 bits per heavy atom. The second-order valence-electron chi connectivity index (χ2n) is 6.79. The molecule has 0 N–H and O–H groups in total. The minimum absolute atomic E-state index is 0.0780. The van der Waals surface area contributed by atoms with Gasteiger partial charge in [0.2, 0.25) is 5.89 Å². The minimum atomic E-state index is -0.0780. The maximum absolute atomic E-state index is 12.2. The summed E-state index contributed by atoms with van der Waals surface area (Å²) in [5.41, 5.74) is 2.76. The van der Waals surface area contributed by atoms with Crippen LogP contribution in [0.3, 0.4) is 0 Å². The molecular formula is C18H16N4O2. The second-order valence-corrected chi connectivity index (χ2v) is 6.79. The Morgan fingerprint density at radius 2 is 1.92 bits per heavy atom. The Bertz CT molecular complexity index is 916. The van der Waals surface area contributed by atoms with Gasteiger partial charge in [-0.3, -0.25) is 9.78 Å². The maximum atomic E-state index is 12.2. The molecule has 24 heavy (non-hydrogen) atoms. The third-order valence-corrected chi connectivity index (χ3v) is 4.11. The number of pyridine rings is 2. The Labute approximate surface area is 139 Å². The first kappa shape index (κ1) is 14.7. The van der Waals surface area contributed by atoms with Crippen molar-refractivity contribution in [3.63, 3.8) is 0 Å². The fourth-order valence-corrected chi connectivity index (χ4v) is 2.99. The molecule has 0 amide bonds. The summed E-state index contributed by atoms with van der Waals surface area (Å²) in [5.74, 6) is 0.878. The molecule has 4 rings (SSSR count). The first-order chi connectivity index (χ1) is 11.5. The van der Waals surface area contributed by atoms with E-state index in [1.807, 2.05) is 18.2 Å². The molecule has 0 bridgehead atoms. The Hall–Kier alpha value is -2.89. The van der Waals surface area contributed by atoms with Gasteiger partial charge in [0, 0.05) is 24.4 Å². The van der Waals surface area contributed by atoms with Crippen LogP contribution in [0.5, 0.6) is 0 Å². The number of aromatic nitrogens is 4. The van der Waals surface area contributed by atoms with Gasteiger partial charge in [0.05, 0.1) is 11.3 Å². The van der Waals surface area contributed by atoms with Crippen LogP contribution in [0.1, 0.15) is 36.3 Å². The molecule has 0 aromatic carbocycles. The summed E-state index contributed by atoms with van der Waals surface area (Å²) in [4.78, 5) is 20.9. The smallest absolute Gasteiger partial charge is 0.266 e. The summed E-state index contributed by atoms with van der Waals surface area (Å²) in [6.45, 7) is 4.16. The SMILES string of the molecule is CC1(C)CC(=O)c2ccc(-c3nnc(-c4cccnc4)o3)nc2C1. The van der Waals surface area contributed by atoms with Crippen molar-refractivity contribution in [2.24, 2.45) is 5.41 Å². The predicted molar refractivity (Wildman–Crippen MR) is 87.2 cm³/mol. The van der Waals surface area contributed by atoms with E-state index < -0.39 is 0 Å². The van der Waals surface area contributed by atoms with Gasteiger partial charge in [-0.1, -0.05) is 13.8 Å². The topological polar surface area (TPSA) is 81.8 Å². The van der Waals surface area contributed by atoms with E-state index in [-0.39, 0.29) is 11.2 Å². The monoisotopic (exact) mass is 320 g/mol. The molecule has 1 aliphatic rings. The average molecular weight is 320 g/mol. The van der Waals surface area contributed by atoms with E-state index in [9.17, 15) is 4.79 Å². The largest absolute Gasteiger partial charge is 0.415 e. The number of ketones is 1. The molecule has 120 valence electrons. The molecule has 0 fully saturated rings. The quantitative estimate of drug-likeness (QED) is 0.720. The van der Waals surface area contributed by atoms with Crippen LogP contribution in [0.2, 0.25) is 0 Å². The molecule has 6 nitrogen and oxygen atoms in total. The Morgan fingerprint density at radius 3 is 2.71 bits per heavy atom. The van der Waals surface area contributed by atoms with Crippen LogP contribution >= 0.6 is 0 Å². The van der Waals surface area contributed by atoms with E-state index in [2.05, 4.69) is 34.0 Å². The van der Waals surface area contributed by atoms with Gasteiger partial charge in [-0.25, -0.2) is 4.98 Å². The van der Waals surface area contributed by atoms with Gasteiger partial charge in [-0.15, -0.1) is 10.2 Å². The molecule has 1 aliphatic carbocycles. The second kappa shape index (κ2) is 5.33. The molecule has 0 spiro atoms. The number of fused-ring (bicyclic) bond motifs is 1. The van der Waals surface area contributed by atoms with Crippen LogP contribution in [0, 0.1) is 5.41 Å². The van der Waals surface area contributed by atoms with Crippen molar-refractivity contribution >= 4 is 5.78 Å². The standard InChI is InChI=1S/C18H16N4O2/c1-18(2)8-14-12(15(23)9-18)5-6-13(20-14)17-22-21-16(24-17)11-4-3-7-19-10-11/h3-7,10H,8-9H2,1-2H3. The van der Waals surface area contributed by atoms with E-state index in [1.165, 1.54) is 0 Å². The molecule has 0 aliphatic heterocycles. The zero-order chi connectivity index (χ0) is 16.7. The zero-order valence-electron chi connectivity index (χ0n) is 13.5. The molecular weight excluding hydrogens is 304 g/mol. The molecule has 3 heterocycles. The molecule has 3 aromatic heterocycles. The van der Waals surface area contributed by atoms with Crippen molar-refractivity contribution in [2.75, 3.05) is 0 Å². The number of hydrogen-bond acceptors (Lipinski definition) is 6. The zero-order valence-corrected chi connectivity index (χ0v) is 13.5. The Balaban J connectivity index is 1.71. The number of rotatable bonds is 2. The van der Waals surface area contributed by atoms with Crippen LogP contribution in [0.4, 0.5) is 0 Å². The summed E-state index contributed by atoms with van der Waals surface area (Å²) in [7, 11) is 0. The first-order valence-corrected chi connectivity index (χ1v) is 7.79. The number of nitrogens with zero attached hydrogens (tertiary/aromatic N) is 4. The summed E-state index contributed by atoms with van der Waals surface area (Å²) in [6.07, 6.45) is 4.65. The lowest BCUT2D eigenvalue weighted by atomic mass is 9.75. The minimum Gasteiger partial charge on any atom is -0.415 e. The fraction of sp³-hybridized carbons (Fsp3) is 0.278. The molecule has 0 unspecified atom stereocenters. The van der Waals surface area contributed by atoms with Gasteiger partial charge < -0.3 is 4.42 Å². The van der Waals surface area contributed by atoms with Gasteiger partial charge >= 0.3 is 0 Å². The fourth-order valence-electron chi connectivity index (χ4n) is 2.99. The lowest BCUT2D eigenvalue weighted by Gasteiger charge is -2.29. The van der Waals surface area contributed by atoms with Crippen molar-refractivity contribution in [1.29, 1.82) is 0 Å². The van der Waals surface area contributed by atoms with Crippen LogP contribution in [-0.4, -0.2) is 25.9 Å². The highest BCUT2D eigenvalue weighted by atomic mass is 16.4. The van der Waals surface area contributed by atoms with E-state index in [4.69, 9.17) is 4.42 Å². The highest BCUT2D eigenvalue weighted by molar-refractivity contribution is 5.98. The Kier molecular flexibility index (Phi) is 3.26. The lowest BCUT2D eigenvalue weighted by molar-refractivity contribution is 0.0910. The van der Waals surface area contributed by atoms with E-state index in [0.29, 0.717) is 29.5 Å². The summed E-state index contributed by atoms with van der Waals surface area (Å²) >= 11 is 0. The van der Waals surface area contributed by atoms with Crippen LogP contribution in [0.25, 0.3) is 23.0 Å².